The molecule has 0 aliphatic carbocycles. The van der Waals surface area contributed by atoms with Crippen molar-refractivity contribution in [2.45, 2.75) is 231 Å². The van der Waals surface area contributed by atoms with E-state index in [-0.39, 0.29) is 43.0 Å². The Balaban J connectivity index is 3.75. The summed E-state index contributed by atoms with van der Waals surface area (Å²) in [7, 11) is 0. The largest absolute Gasteiger partial charge is 0.508 e. The predicted molar refractivity (Wildman–Crippen MR) is 364 cm³/mol. The van der Waals surface area contributed by atoms with Crippen molar-refractivity contribution in [3.8, 4) is 5.75 Å². The Labute approximate surface area is 598 Å². The highest BCUT2D eigenvalue weighted by molar-refractivity contribution is 6.00. The molecule has 582 valence electrons. The lowest BCUT2D eigenvalue weighted by molar-refractivity contribution is -0.147. The molecule has 1 rings (SSSR count). The second-order valence-corrected chi connectivity index (χ2v) is 26.2. The molecule has 39 nitrogen and oxygen atoms in total. The molecule has 0 heterocycles. The summed E-state index contributed by atoms with van der Waals surface area (Å²) in [4.78, 5) is 236. The van der Waals surface area contributed by atoms with Crippen molar-refractivity contribution in [1.82, 2.24) is 58.5 Å². The number of nitrogens with one attached hydrogen (secondary N) is 11. The molecule has 0 bridgehead atoms. The van der Waals surface area contributed by atoms with Crippen LogP contribution in [0.15, 0.2) is 24.3 Å². The SMILES string of the molecule is CC(C)C[C@H](NC(=O)[C@@H](NC(=O)[C@H](CCCCN)NC(=O)[C@H](CCC(=O)O)NC(=O)[C@@H](NC(=O)[C@@H](NC(=O)[C@H](Cc1ccc(O)cc1)NC(=O)[C@H](CCC(=O)O)NC(=O)[C@H](CCC(=O)O)NC(=O)[C@H](CCC(N)=O)NC(=O)[C@@H](N)CCC(=O)O)C(C)C)C(C)C)C(C)C)C(=O)N[C@@H](CC(=O)O)C(=O)O. The lowest BCUT2D eigenvalue weighted by Gasteiger charge is -2.30. The van der Waals surface area contributed by atoms with Gasteiger partial charge in [-0.25, -0.2) is 4.79 Å². The van der Waals surface area contributed by atoms with E-state index in [4.69, 9.17) is 22.3 Å². The van der Waals surface area contributed by atoms with Crippen molar-refractivity contribution in [3.63, 3.8) is 0 Å². The number of primary amides is 1. The predicted octanol–water partition coefficient (Wildman–Crippen LogP) is -3.98. The number of carboxylic acids is 6. The number of nitrogens with two attached hydrogens (primary N) is 3. The van der Waals surface area contributed by atoms with Gasteiger partial charge in [-0.15, -0.1) is 0 Å². The Bertz CT molecular complexity index is 3180. The quantitative estimate of drug-likeness (QED) is 0.0277. The smallest absolute Gasteiger partial charge is 0.326 e. The summed E-state index contributed by atoms with van der Waals surface area (Å²) in [6, 6.07) is -14.8. The monoisotopic (exact) mass is 1480 g/mol. The van der Waals surface area contributed by atoms with Gasteiger partial charge in [0, 0.05) is 38.5 Å². The average molecular weight is 1480 g/mol. The van der Waals surface area contributed by atoms with Gasteiger partial charge in [0.25, 0.3) is 0 Å². The van der Waals surface area contributed by atoms with Crippen LogP contribution in [-0.4, -0.2) is 221 Å². The van der Waals surface area contributed by atoms with E-state index in [2.05, 4.69) is 58.5 Å². The van der Waals surface area contributed by atoms with Gasteiger partial charge in [0.15, 0.2) is 0 Å². The third kappa shape index (κ3) is 35.3. The fraction of sp³-hybridized carbons (Fsp3) is 0.631. The number of unbranched alkanes of at least 4 members (excludes halogenated alkanes) is 1. The fourth-order valence-corrected chi connectivity index (χ4v) is 10.0. The van der Waals surface area contributed by atoms with Gasteiger partial charge < -0.3 is 111 Å². The minimum Gasteiger partial charge on any atom is -0.508 e. The number of carboxylic acid groups (broad SMARTS) is 6. The van der Waals surface area contributed by atoms with Gasteiger partial charge in [-0.05, 0) is 106 Å². The first-order chi connectivity index (χ1) is 48.5. The summed E-state index contributed by atoms with van der Waals surface area (Å²) in [6.07, 6.45) is -7.61. The number of amides is 12. The van der Waals surface area contributed by atoms with Crippen LogP contribution in [0.4, 0.5) is 0 Å². The van der Waals surface area contributed by atoms with Crippen LogP contribution in [0.1, 0.15) is 157 Å². The van der Waals surface area contributed by atoms with Gasteiger partial charge in [-0.2, -0.15) is 0 Å². The molecule has 1 aromatic rings. The maximum atomic E-state index is 14.6. The topological polar surface area (TPSA) is 659 Å². The summed E-state index contributed by atoms with van der Waals surface area (Å²) < 4.78 is 0. The number of benzene rings is 1. The van der Waals surface area contributed by atoms with E-state index >= 15 is 0 Å². The number of carbonyl (C=O) groups excluding carboxylic acids is 12. The van der Waals surface area contributed by atoms with Crippen molar-refractivity contribution in [2.24, 2.45) is 40.9 Å². The molecule has 0 aliphatic rings. The van der Waals surface area contributed by atoms with E-state index in [0.29, 0.717) is 6.42 Å². The standard InChI is InChI=1S/C65H102N14O25/c1-30(2)27-42(60(98)76-44(65(103)104)29-50(90)91)75-63(101)51(31(3)4)77-59(97)37(11-9-10-26-66)70-57(95)41(20-25-49(88)89)73-62(100)52(32(5)6)79-64(102)53(33(7)8)78-61(99)43(28-34-12-14-35(80)15-13-34)74-58(96)40(19-24-48(86)87)72-56(94)39(18-23-47(84)85)71-55(93)38(17-21-45(68)81)69-54(92)36(67)16-22-46(82)83/h12-15,30-33,36-44,51-53,80H,9-11,16-29,66-67H2,1-8H3,(H2,68,81)(H,69,92)(H,70,95)(H,71,93)(H,72,94)(H,73,100)(H,74,96)(H,75,101)(H,76,98)(H,77,97)(H,78,99)(H,79,102)(H,82,83)(H,84,85)(H,86,87)(H,88,89)(H,90,91)(H,103,104)/t36-,37-,38-,39-,40-,41-,42-,43-,44-,51-,52-,53-/m0/s1. The third-order valence-corrected chi connectivity index (χ3v) is 15.8. The van der Waals surface area contributed by atoms with E-state index in [1.54, 1.807) is 13.8 Å². The second kappa shape index (κ2) is 46.1. The number of hydrogen-bond donors (Lipinski definition) is 21. The Hall–Kier alpha value is -10.6. The molecule has 0 aromatic heterocycles. The zero-order chi connectivity index (χ0) is 79.4. The Morgan fingerprint density at radius 1 is 0.356 bits per heavy atom. The Morgan fingerprint density at radius 3 is 1.03 bits per heavy atom. The van der Waals surface area contributed by atoms with E-state index in [9.17, 15) is 117 Å². The van der Waals surface area contributed by atoms with E-state index < -0.39 is 274 Å². The van der Waals surface area contributed by atoms with Gasteiger partial charge in [0.2, 0.25) is 70.9 Å². The number of aliphatic carboxylic acids is 6. The van der Waals surface area contributed by atoms with Gasteiger partial charge in [0.1, 0.15) is 72.2 Å². The third-order valence-electron chi connectivity index (χ3n) is 15.8. The number of phenols is 1. The molecule has 0 unspecified atom stereocenters. The van der Waals surface area contributed by atoms with Crippen LogP contribution < -0.4 is 75.7 Å². The van der Waals surface area contributed by atoms with Crippen molar-refractivity contribution >= 4 is 107 Å². The first-order valence-electron chi connectivity index (χ1n) is 33.7. The van der Waals surface area contributed by atoms with Crippen molar-refractivity contribution < 1.29 is 122 Å². The first kappa shape index (κ1) is 91.4. The Morgan fingerprint density at radius 2 is 0.663 bits per heavy atom. The van der Waals surface area contributed by atoms with Gasteiger partial charge >= 0.3 is 35.8 Å². The number of carbonyl (C=O) groups is 18. The van der Waals surface area contributed by atoms with Gasteiger partial charge in [-0.1, -0.05) is 67.5 Å². The molecule has 0 saturated heterocycles. The van der Waals surface area contributed by atoms with E-state index in [1.165, 1.54) is 65.8 Å². The molecule has 1 aromatic carbocycles. The van der Waals surface area contributed by atoms with Crippen LogP contribution >= 0.6 is 0 Å². The lowest BCUT2D eigenvalue weighted by atomic mass is 9.98. The molecule has 0 spiro atoms. The van der Waals surface area contributed by atoms with Crippen LogP contribution in [0.25, 0.3) is 0 Å². The molecule has 104 heavy (non-hydrogen) atoms. The molecule has 0 fully saturated rings. The van der Waals surface area contributed by atoms with Gasteiger partial charge in [0.05, 0.1) is 12.5 Å². The maximum absolute atomic E-state index is 14.6. The van der Waals surface area contributed by atoms with E-state index in [1.807, 2.05) is 0 Å². The first-order valence-corrected chi connectivity index (χ1v) is 33.7. The van der Waals surface area contributed by atoms with Crippen molar-refractivity contribution in [3.05, 3.63) is 29.8 Å². The minimum atomic E-state index is -1.92. The number of rotatable bonds is 51. The summed E-state index contributed by atoms with van der Waals surface area (Å²) >= 11 is 0. The minimum absolute atomic E-state index is 0.0694. The van der Waals surface area contributed by atoms with Crippen LogP contribution in [-0.2, 0) is 92.7 Å². The summed E-state index contributed by atoms with van der Waals surface area (Å²) in [5.41, 5.74) is 17.1. The van der Waals surface area contributed by atoms with Crippen LogP contribution in [0.5, 0.6) is 5.75 Å². The molecule has 12 atom stereocenters. The molecular weight excluding hydrogens is 1380 g/mol. The molecule has 0 radical (unpaired) electrons. The van der Waals surface area contributed by atoms with Gasteiger partial charge in [-0.3, -0.25) is 81.5 Å². The molecule has 24 N–H and O–H groups in total. The normalized spacial score (nSPS) is 14.6. The highest BCUT2D eigenvalue weighted by Crippen LogP contribution is 2.17. The zero-order valence-electron chi connectivity index (χ0n) is 59.3. The summed E-state index contributed by atoms with van der Waals surface area (Å²) in [5, 5.41) is 93.2. The molecule has 39 heteroatoms. The zero-order valence-corrected chi connectivity index (χ0v) is 59.3. The molecular formula is C65H102N14O25. The van der Waals surface area contributed by atoms with Crippen molar-refractivity contribution in [2.75, 3.05) is 6.54 Å². The molecule has 0 aliphatic heterocycles. The van der Waals surface area contributed by atoms with Crippen molar-refractivity contribution in [1.29, 1.82) is 0 Å². The van der Waals surface area contributed by atoms with Crippen LogP contribution in [0, 0.1) is 23.7 Å². The fourth-order valence-electron chi connectivity index (χ4n) is 10.0. The average Bonchev–Trinajstić information content (AvgIpc) is 0.857. The van der Waals surface area contributed by atoms with Crippen LogP contribution in [0.2, 0.25) is 0 Å². The number of hydrogen-bond acceptors (Lipinski definition) is 21. The van der Waals surface area contributed by atoms with Crippen LogP contribution in [0.3, 0.4) is 0 Å². The number of phenolic OH excluding ortho intramolecular Hbond substituents is 1. The lowest BCUT2D eigenvalue weighted by Crippen LogP contribution is -2.62. The Kier molecular flexibility index (Phi) is 40.5. The second-order valence-electron chi connectivity index (χ2n) is 26.2. The summed E-state index contributed by atoms with van der Waals surface area (Å²) in [6.45, 7) is 12.4. The highest BCUT2D eigenvalue weighted by Gasteiger charge is 2.39. The highest BCUT2D eigenvalue weighted by atomic mass is 16.4. The summed E-state index contributed by atoms with van der Waals surface area (Å²) in [5.74, 6) is -25.0. The molecule has 12 amide bonds. The van der Waals surface area contributed by atoms with E-state index in [0.717, 1.165) is 0 Å². The maximum Gasteiger partial charge on any atom is 0.326 e. The molecule has 0 saturated carbocycles. The number of aromatic hydroxyl groups is 1.